The van der Waals surface area contributed by atoms with Gasteiger partial charge in [0.25, 0.3) is 10.1 Å². The highest BCUT2D eigenvalue weighted by Gasteiger charge is 2.40. The molecule has 2 atom stereocenters. The van der Waals surface area contributed by atoms with E-state index in [4.69, 9.17) is 20.1 Å². The van der Waals surface area contributed by atoms with Crippen LogP contribution in [0.25, 0.3) is 0 Å². The summed E-state index contributed by atoms with van der Waals surface area (Å²) in [6.45, 7) is 1.88. The second-order valence-corrected chi connectivity index (χ2v) is 8.46. The maximum atomic E-state index is 12.5. The predicted octanol–water partition coefficient (Wildman–Crippen LogP) is 2.42. The third-order valence-corrected chi connectivity index (χ3v) is 6.01. The van der Waals surface area contributed by atoms with Gasteiger partial charge in [0, 0.05) is 6.42 Å². The molecular formula is C20H23N3O5S. The number of rotatable bonds is 6. The number of likely N-dealkylation sites (tertiary alicyclic amines) is 1. The van der Waals surface area contributed by atoms with Crippen molar-refractivity contribution in [3.8, 4) is 0 Å². The van der Waals surface area contributed by atoms with Crippen molar-refractivity contribution in [3.05, 3.63) is 65.7 Å². The standard InChI is InChI=1S/C20H23N3O5S/c1-14-7-9-17(10-8-14)29(25,26)28-16-11-18(19(21)22)23(12-16)20(24)27-13-15-5-3-2-4-6-15/h2-10,16,18H,11-13H2,1H3,(H3,21,22)/t16-,18+/m1/s1. The van der Waals surface area contributed by atoms with Crippen LogP contribution in [0, 0.1) is 12.3 Å². The molecule has 0 aromatic heterocycles. The molecule has 1 aliphatic rings. The lowest BCUT2D eigenvalue weighted by atomic mass is 10.2. The Morgan fingerprint density at radius 3 is 2.45 bits per heavy atom. The zero-order valence-electron chi connectivity index (χ0n) is 15.9. The first kappa shape index (κ1) is 20.8. The number of carbonyl (C=O) groups is 1. The number of amides is 1. The van der Waals surface area contributed by atoms with Crippen molar-refractivity contribution in [2.24, 2.45) is 5.73 Å². The molecule has 0 bridgehead atoms. The molecule has 8 nitrogen and oxygen atoms in total. The van der Waals surface area contributed by atoms with E-state index in [-0.39, 0.29) is 30.3 Å². The van der Waals surface area contributed by atoms with Crippen molar-refractivity contribution in [1.82, 2.24) is 4.90 Å². The summed E-state index contributed by atoms with van der Waals surface area (Å²) in [5.41, 5.74) is 7.35. The summed E-state index contributed by atoms with van der Waals surface area (Å²) in [6.07, 6.45) is -1.40. The van der Waals surface area contributed by atoms with E-state index in [2.05, 4.69) is 0 Å². The fourth-order valence-electron chi connectivity index (χ4n) is 3.11. The lowest BCUT2D eigenvalue weighted by Crippen LogP contribution is -2.43. The van der Waals surface area contributed by atoms with Gasteiger partial charge < -0.3 is 10.5 Å². The van der Waals surface area contributed by atoms with E-state index in [0.717, 1.165) is 11.1 Å². The molecule has 0 aliphatic carbocycles. The number of aryl methyl sites for hydroxylation is 1. The summed E-state index contributed by atoms with van der Waals surface area (Å²) in [5.74, 6) is -0.250. The summed E-state index contributed by atoms with van der Waals surface area (Å²) in [5, 5.41) is 7.74. The van der Waals surface area contributed by atoms with Crippen LogP contribution in [0.5, 0.6) is 0 Å². The van der Waals surface area contributed by atoms with Gasteiger partial charge in [0.05, 0.1) is 23.6 Å². The summed E-state index contributed by atoms with van der Waals surface area (Å²) in [4.78, 5) is 13.8. The summed E-state index contributed by atoms with van der Waals surface area (Å²) >= 11 is 0. The second kappa shape index (κ2) is 8.62. The lowest BCUT2D eigenvalue weighted by Gasteiger charge is -2.22. The number of nitrogens with zero attached hydrogens (tertiary/aromatic N) is 1. The molecule has 1 amide bonds. The molecule has 1 heterocycles. The molecular weight excluding hydrogens is 394 g/mol. The third kappa shape index (κ3) is 5.12. The number of hydrogen-bond donors (Lipinski definition) is 2. The first-order valence-electron chi connectivity index (χ1n) is 9.07. The molecule has 0 radical (unpaired) electrons. The molecule has 9 heteroatoms. The largest absolute Gasteiger partial charge is 0.445 e. The quantitative estimate of drug-likeness (QED) is 0.423. The van der Waals surface area contributed by atoms with Gasteiger partial charge in [-0.25, -0.2) is 4.79 Å². The zero-order valence-corrected chi connectivity index (χ0v) is 16.8. The van der Waals surface area contributed by atoms with Crippen LogP contribution in [-0.2, 0) is 25.6 Å². The molecule has 1 saturated heterocycles. The summed E-state index contributed by atoms with van der Waals surface area (Å²) in [7, 11) is -4.00. The van der Waals surface area contributed by atoms with Crippen molar-refractivity contribution in [1.29, 1.82) is 5.41 Å². The van der Waals surface area contributed by atoms with E-state index in [1.54, 1.807) is 12.1 Å². The second-order valence-electron chi connectivity index (χ2n) is 6.88. The Balaban J connectivity index is 1.67. The van der Waals surface area contributed by atoms with Crippen LogP contribution in [-0.4, -0.2) is 43.9 Å². The van der Waals surface area contributed by atoms with Crippen LogP contribution >= 0.6 is 0 Å². The van der Waals surface area contributed by atoms with Gasteiger partial charge in [-0.2, -0.15) is 8.42 Å². The smallest absolute Gasteiger partial charge is 0.410 e. The molecule has 1 fully saturated rings. The average Bonchev–Trinajstić information content (AvgIpc) is 3.11. The number of nitrogens with two attached hydrogens (primary N) is 1. The Kier molecular flexibility index (Phi) is 6.19. The number of nitrogens with one attached hydrogen (secondary N) is 1. The fraction of sp³-hybridized carbons (Fsp3) is 0.300. The molecule has 154 valence electrons. The van der Waals surface area contributed by atoms with Gasteiger partial charge in [-0.05, 0) is 24.6 Å². The molecule has 29 heavy (non-hydrogen) atoms. The van der Waals surface area contributed by atoms with Crippen LogP contribution in [0.4, 0.5) is 4.79 Å². The highest BCUT2D eigenvalue weighted by molar-refractivity contribution is 7.86. The Labute approximate surface area is 169 Å². The van der Waals surface area contributed by atoms with Crippen molar-refractivity contribution < 1.29 is 22.1 Å². The minimum absolute atomic E-state index is 0.0348. The van der Waals surface area contributed by atoms with Crippen LogP contribution in [0.3, 0.4) is 0 Å². The van der Waals surface area contributed by atoms with Crippen molar-refractivity contribution in [2.75, 3.05) is 6.54 Å². The number of amidine groups is 1. The van der Waals surface area contributed by atoms with Crippen LogP contribution in [0.1, 0.15) is 17.5 Å². The van der Waals surface area contributed by atoms with Crippen molar-refractivity contribution >= 4 is 22.0 Å². The van der Waals surface area contributed by atoms with E-state index < -0.39 is 28.4 Å². The molecule has 1 aliphatic heterocycles. The minimum Gasteiger partial charge on any atom is -0.445 e. The number of carbonyl (C=O) groups excluding carboxylic acids is 1. The average molecular weight is 417 g/mol. The Morgan fingerprint density at radius 2 is 1.83 bits per heavy atom. The fourth-order valence-corrected chi connectivity index (χ4v) is 4.18. The summed E-state index contributed by atoms with van der Waals surface area (Å²) < 4.78 is 35.7. The van der Waals surface area contributed by atoms with Crippen LogP contribution in [0.2, 0.25) is 0 Å². The van der Waals surface area contributed by atoms with Gasteiger partial charge in [0.2, 0.25) is 0 Å². The van der Waals surface area contributed by atoms with E-state index in [9.17, 15) is 13.2 Å². The highest BCUT2D eigenvalue weighted by Crippen LogP contribution is 2.25. The zero-order chi connectivity index (χ0) is 21.0. The molecule has 0 saturated carbocycles. The first-order valence-corrected chi connectivity index (χ1v) is 10.5. The van der Waals surface area contributed by atoms with Gasteiger partial charge in [-0.15, -0.1) is 0 Å². The normalized spacial score (nSPS) is 19.1. The SMILES string of the molecule is Cc1ccc(S(=O)(=O)O[C@@H]2C[C@@H](C(=N)N)N(C(=O)OCc3ccccc3)C2)cc1. The van der Waals surface area contributed by atoms with Crippen molar-refractivity contribution in [3.63, 3.8) is 0 Å². The van der Waals surface area contributed by atoms with Crippen LogP contribution < -0.4 is 5.73 Å². The topological polar surface area (TPSA) is 123 Å². The molecule has 2 aromatic carbocycles. The third-order valence-electron chi connectivity index (χ3n) is 4.63. The Bertz CT molecular complexity index is 977. The van der Waals surface area contributed by atoms with Gasteiger partial charge in [0.1, 0.15) is 12.4 Å². The molecule has 0 spiro atoms. The Hall–Kier alpha value is -2.91. The molecule has 2 aromatic rings. The van der Waals surface area contributed by atoms with Gasteiger partial charge >= 0.3 is 6.09 Å². The number of ether oxygens (including phenoxy) is 1. The van der Waals surface area contributed by atoms with Crippen molar-refractivity contribution in [2.45, 2.75) is 37.0 Å². The first-order chi connectivity index (χ1) is 13.8. The van der Waals surface area contributed by atoms with E-state index in [1.165, 1.54) is 17.0 Å². The minimum atomic E-state index is -4.00. The molecule has 3 N–H and O–H groups in total. The monoisotopic (exact) mass is 417 g/mol. The molecule has 3 rings (SSSR count). The van der Waals surface area contributed by atoms with Gasteiger partial charge in [-0.1, -0.05) is 48.0 Å². The van der Waals surface area contributed by atoms with E-state index in [1.807, 2.05) is 37.3 Å². The van der Waals surface area contributed by atoms with Gasteiger partial charge in [0.15, 0.2) is 0 Å². The number of benzene rings is 2. The number of hydrogen-bond acceptors (Lipinski definition) is 6. The maximum Gasteiger partial charge on any atom is 0.410 e. The molecule has 0 unspecified atom stereocenters. The summed E-state index contributed by atoms with van der Waals surface area (Å²) in [6, 6.07) is 14.7. The highest BCUT2D eigenvalue weighted by atomic mass is 32.2. The Morgan fingerprint density at radius 1 is 1.17 bits per heavy atom. The van der Waals surface area contributed by atoms with Gasteiger partial charge in [-0.3, -0.25) is 14.5 Å². The van der Waals surface area contributed by atoms with E-state index in [0.29, 0.717) is 0 Å². The van der Waals surface area contributed by atoms with E-state index >= 15 is 0 Å². The maximum absolute atomic E-state index is 12.5. The van der Waals surface area contributed by atoms with Crippen LogP contribution in [0.15, 0.2) is 59.5 Å². The lowest BCUT2D eigenvalue weighted by molar-refractivity contribution is 0.0951. The predicted molar refractivity (Wildman–Crippen MR) is 107 cm³/mol.